The van der Waals surface area contributed by atoms with Gasteiger partial charge in [0.1, 0.15) is 0 Å². The quantitative estimate of drug-likeness (QED) is 0.586. The van der Waals surface area contributed by atoms with E-state index in [4.69, 9.17) is 4.74 Å². The molecule has 0 atom stereocenters. The van der Waals surface area contributed by atoms with Crippen molar-refractivity contribution in [2.45, 2.75) is 19.8 Å². The first-order valence-electron chi connectivity index (χ1n) is 6.64. The zero-order chi connectivity index (χ0) is 14.4. The fourth-order valence-electron chi connectivity index (χ4n) is 2.03. The summed E-state index contributed by atoms with van der Waals surface area (Å²) >= 11 is 0. The van der Waals surface area contributed by atoms with E-state index in [2.05, 4.69) is 0 Å². The van der Waals surface area contributed by atoms with Crippen LogP contribution in [0.4, 0.5) is 4.39 Å². The molecule has 20 heavy (non-hydrogen) atoms. The second-order valence-corrected chi connectivity index (χ2v) is 4.61. The van der Waals surface area contributed by atoms with Crippen LogP contribution in [0.2, 0.25) is 0 Å². The van der Waals surface area contributed by atoms with Crippen molar-refractivity contribution in [3.8, 4) is 5.75 Å². The summed E-state index contributed by atoms with van der Waals surface area (Å²) in [4.78, 5) is 11.4. The largest absolute Gasteiger partial charge is 0.490 e. The summed E-state index contributed by atoms with van der Waals surface area (Å²) in [6.07, 6.45) is 1.64. The molecule has 0 aromatic heterocycles. The lowest BCUT2D eigenvalue weighted by Gasteiger charge is -2.10. The molecule has 0 aliphatic carbocycles. The van der Waals surface area contributed by atoms with Crippen molar-refractivity contribution >= 4 is 5.78 Å². The first kappa shape index (κ1) is 14.3. The standard InChI is InChI=1S/C17H17FO2/c1-13(19)15-10-5-11-16(18)17(15)20-12-6-9-14-7-3-2-4-8-14/h2-5,7-8,10-11H,6,9,12H2,1H3. The lowest BCUT2D eigenvalue weighted by atomic mass is 10.1. The van der Waals surface area contributed by atoms with Gasteiger partial charge in [0.25, 0.3) is 0 Å². The molecule has 0 aliphatic rings. The smallest absolute Gasteiger partial charge is 0.165 e. The number of benzene rings is 2. The Morgan fingerprint density at radius 2 is 1.85 bits per heavy atom. The van der Waals surface area contributed by atoms with Gasteiger partial charge in [0, 0.05) is 0 Å². The van der Waals surface area contributed by atoms with Gasteiger partial charge in [-0.3, -0.25) is 4.79 Å². The Hall–Kier alpha value is -2.16. The van der Waals surface area contributed by atoms with Gasteiger partial charge in [-0.1, -0.05) is 36.4 Å². The molecule has 3 heteroatoms. The molecule has 2 nitrogen and oxygen atoms in total. The third-order valence-corrected chi connectivity index (χ3v) is 3.05. The number of para-hydroxylation sites is 1. The summed E-state index contributed by atoms with van der Waals surface area (Å²) < 4.78 is 19.1. The maximum atomic E-state index is 13.7. The second kappa shape index (κ2) is 6.85. The Balaban J connectivity index is 1.93. The maximum Gasteiger partial charge on any atom is 0.165 e. The Morgan fingerprint density at radius 3 is 2.55 bits per heavy atom. The van der Waals surface area contributed by atoms with Crippen LogP contribution in [-0.4, -0.2) is 12.4 Å². The lowest BCUT2D eigenvalue weighted by molar-refractivity contribution is 0.101. The van der Waals surface area contributed by atoms with E-state index in [-0.39, 0.29) is 11.5 Å². The number of Topliss-reactive ketones (excluding diaryl/α,β-unsaturated/α-hetero) is 1. The number of hydrogen-bond donors (Lipinski definition) is 0. The van der Waals surface area contributed by atoms with Crippen molar-refractivity contribution in [1.82, 2.24) is 0 Å². The Kier molecular flexibility index (Phi) is 4.88. The highest BCUT2D eigenvalue weighted by atomic mass is 19.1. The average Bonchev–Trinajstić information content (AvgIpc) is 2.45. The molecule has 0 radical (unpaired) electrons. The molecular weight excluding hydrogens is 255 g/mol. The minimum atomic E-state index is -0.489. The fraction of sp³-hybridized carbons (Fsp3) is 0.235. The van der Waals surface area contributed by atoms with Gasteiger partial charge in [-0.05, 0) is 37.5 Å². The summed E-state index contributed by atoms with van der Waals surface area (Å²) in [7, 11) is 0. The normalized spacial score (nSPS) is 10.3. The van der Waals surface area contributed by atoms with Crippen molar-refractivity contribution < 1.29 is 13.9 Å². The monoisotopic (exact) mass is 272 g/mol. The van der Waals surface area contributed by atoms with Gasteiger partial charge >= 0.3 is 0 Å². The van der Waals surface area contributed by atoms with E-state index >= 15 is 0 Å². The van der Waals surface area contributed by atoms with E-state index in [1.54, 1.807) is 6.07 Å². The van der Waals surface area contributed by atoms with Crippen molar-refractivity contribution in [3.63, 3.8) is 0 Å². The number of halogens is 1. The number of hydrogen-bond acceptors (Lipinski definition) is 2. The minimum absolute atomic E-state index is 0.0630. The van der Waals surface area contributed by atoms with Crippen LogP contribution >= 0.6 is 0 Å². The number of ether oxygens (including phenoxy) is 1. The SMILES string of the molecule is CC(=O)c1cccc(F)c1OCCCc1ccccc1. The van der Waals surface area contributed by atoms with Crippen molar-refractivity contribution in [3.05, 3.63) is 65.5 Å². The molecule has 2 aromatic rings. The lowest BCUT2D eigenvalue weighted by Crippen LogP contribution is -2.05. The van der Waals surface area contributed by atoms with E-state index in [9.17, 15) is 9.18 Å². The highest BCUT2D eigenvalue weighted by Gasteiger charge is 2.12. The van der Waals surface area contributed by atoms with Crippen LogP contribution in [0, 0.1) is 5.82 Å². The van der Waals surface area contributed by atoms with Crippen LogP contribution in [0.15, 0.2) is 48.5 Å². The summed E-state index contributed by atoms with van der Waals surface area (Å²) in [5, 5.41) is 0. The van der Waals surface area contributed by atoms with Crippen molar-refractivity contribution in [1.29, 1.82) is 0 Å². The molecule has 0 fully saturated rings. The number of aryl methyl sites for hydroxylation is 1. The Bertz CT molecular complexity index is 579. The van der Waals surface area contributed by atoms with Crippen LogP contribution in [0.25, 0.3) is 0 Å². The molecule has 0 unspecified atom stereocenters. The van der Waals surface area contributed by atoms with Crippen LogP contribution < -0.4 is 4.74 Å². The topological polar surface area (TPSA) is 26.3 Å². The van der Waals surface area contributed by atoms with Gasteiger partial charge in [-0.2, -0.15) is 0 Å². The third kappa shape index (κ3) is 3.67. The Labute approximate surface area is 118 Å². The van der Waals surface area contributed by atoms with Crippen LogP contribution in [-0.2, 0) is 6.42 Å². The van der Waals surface area contributed by atoms with Crippen LogP contribution in [0.5, 0.6) is 5.75 Å². The van der Waals surface area contributed by atoms with Gasteiger partial charge < -0.3 is 4.74 Å². The number of ketones is 1. The summed E-state index contributed by atoms with van der Waals surface area (Å²) in [6, 6.07) is 14.4. The van der Waals surface area contributed by atoms with Gasteiger partial charge in [-0.15, -0.1) is 0 Å². The molecule has 0 spiro atoms. The molecule has 104 valence electrons. The van der Waals surface area contributed by atoms with E-state index in [0.29, 0.717) is 12.2 Å². The van der Waals surface area contributed by atoms with Crippen LogP contribution in [0.3, 0.4) is 0 Å². The van der Waals surface area contributed by atoms with Gasteiger partial charge in [0.15, 0.2) is 17.3 Å². The van der Waals surface area contributed by atoms with E-state index in [1.807, 2.05) is 30.3 Å². The summed E-state index contributed by atoms with van der Waals surface area (Å²) in [5.41, 5.74) is 1.51. The molecular formula is C17H17FO2. The average molecular weight is 272 g/mol. The number of carbonyl (C=O) groups excluding carboxylic acids is 1. The van der Waals surface area contributed by atoms with E-state index in [0.717, 1.165) is 12.8 Å². The number of rotatable bonds is 6. The number of carbonyl (C=O) groups is 1. The fourth-order valence-corrected chi connectivity index (χ4v) is 2.03. The zero-order valence-corrected chi connectivity index (χ0v) is 11.4. The van der Waals surface area contributed by atoms with Gasteiger partial charge in [0.2, 0.25) is 0 Å². The second-order valence-electron chi connectivity index (χ2n) is 4.61. The highest BCUT2D eigenvalue weighted by molar-refractivity contribution is 5.96. The zero-order valence-electron chi connectivity index (χ0n) is 11.4. The maximum absolute atomic E-state index is 13.7. The molecule has 2 aromatic carbocycles. The van der Waals surface area contributed by atoms with Crippen molar-refractivity contribution in [2.75, 3.05) is 6.61 Å². The predicted molar refractivity (Wildman–Crippen MR) is 76.7 cm³/mol. The molecule has 0 aliphatic heterocycles. The molecule has 0 saturated heterocycles. The Morgan fingerprint density at radius 1 is 1.10 bits per heavy atom. The molecule has 0 N–H and O–H groups in total. The van der Waals surface area contributed by atoms with Gasteiger partial charge in [-0.25, -0.2) is 4.39 Å². The van der Waals surface area contributed by atoms with E-state index < -0.39 is 5.82 Å². The first-order valence-corrected chi connectivity index (χ1v) is 6.64. The summed E-state index contributed by atoms with van der Waals surface area (Å²) in [6.45, 7) is 1.79. The van der Waals surface area contributed by atoms with Crippen LogP contribution in [0.1, 0.15) is 29.3 Å². The molecule has 0 heterocycles. The minimum Gasteiger partial charge on any atom is -0.490 e. The molecule has 0 bridgehead atoms. The van der Waals surface area contributed by atoms with Crippen molar-refractivity contribution in [2.24, 2.45) is 0 Å². The van der Waals surface area contributed by atoms with E-state index in [1.165, 1.54) is 24.6 Å². The highest BCUT2D eigenvalue weighted by Crippen LogP contribution is 2.23. The molecule has 0 saturated carbocycles. The molecule has 2 rings (SSSR count). The van der Waals surface area contributed by atoms with Gasteiger partial charge in [0.05, 0.1) is 12.2 Å². The molecule has 0 amide bonds. The third-order valence-electron chi connectivity index (χ3n) is 3.05. The summed E-state index contributed by atoms with van der Waals surface area (Å²) in [5.74, 6) is -0.618. The first-order chi connectivity index (χ1) is 9.68. The predicted octanol–water partition coefficient (Wildman–Crippen LogP) is 4.04.